The van der Waals surface area contributed by atoms with Crippen LogP contribution in [0.1, 0.15) is 5.69 Å². The monoisotopic (exact) mass is 260 g/mol. The van der Waals surface area contributed by atoms with Crippen molar-refractivity contribution in [3.8, 4) is 5.88 Å². The average molecular weight is 260 g/mol. The van der Waals surface area contributed by atoms with Crippen molar-refractivity contribution in [3.63, 3.8) is 0 Å². The highest BCUT2D eigenvalue weighted by molar-refractivity contribution is 7.88. The summed E-state index contributed by atoms with van der Waals surface area (Å²) < 4.78 is 29.0. The van der Waals surface area contributed by atoms with E-state index in [1.165, 1.54) is 7.11 Å². The topological polar surface area (TPSA) is 93.2 Å². The van der Waals surface area contributed by atoms with E-state index in [1.54, 1.807) is 6.07 Å². The fourth-order valence-corrected chi connectivity index (χ4v) is 1.61. The smallest absolute Gasteiger partial charge is 0.226 e. The van der Waals surface area contributed by atoms with Crippen molar-refractivity contribution in [1.29, 1.82) is 0 Å². The first kappa shape index (κ1) is 13.7. The molecule has 96 valence electrons. The highest BCUT2D eigenvalue weighted by Gasteiger charge is 2.02. The first-order valence-corrected chi connectivity index (χ1v) is 6.88. The van der Waals surface area contributed by atoms with Crippen LogP contribution in [0.25, 0.3) is 0 Å². The molecule has 8 heteroatoms. The van der Waals surface area contributed by atoms with Crippen molar-refractivity contribution >= 4 is 16.0 Å². The van der Waals surface area contributed by atoms with Gasteiger partial charge in [-0.05, 0) is 6.92 Å². The molecule has 17 heavy (non-hydrogen) atoms. The fourth-order valence-electron chi connectivity index (χ4n) is 1.13. The molecule has 7 nitrogen and oxygen atoms in total. The summed E-state index contributed by atoms with van der Waals surface area (Å²) in [5.74, 6) is 0.883. The Morgan fingerprint density at radius 2 is 2.06 bits per heavy atom. The SMILES string of the molecule is COc1cc(C)nc(NCCNS(C)(=O)=O)n1. The molecule has 0 aliphatic heterocycles. The molecular formula is C9H16N4O3S. The van der Waals surface area contributed by atoms with Gasteiger partial charge in [0.2, 0.25) is 21.9 Å². The predicted octanol–water partition coefficient (Wildman–Crippen LogP) is -0.245. The molecule has 1 aromatic rings. The van der Waals surface area contributed by atoms with E-state index in [2.05, 4.69) is 20.0 Å². The number of hydrogen-bond donors (Lipinski definition) is 2. The maximum absolute atomic E-state index is 10.8. The van der Waals surface area contributed by atoms with E-state index in [4.69, 9.17) is 4.74 Å². The Kier molecular flexibility index (Phi) is 4.64. The molecule has 1 rings (SSSR count). The molecule has 1 aromatic heterocycles. The van der Waals surface area contributed by atoms with Gasteiger partial charge in [-0.25, -0.2) is 18.1 Å². The molecule has 0 fully saturated rings. The van der Waals surface area contributed by atoms with E-state index in [-0.39, 0.29) is 6.54 Å². The number of nitrogens with zero attached hydrogens (tertiary/aromatic N) is 2. The van der Waals surface area contributed by atoms with Gasteiger partial charge in [-0.15, -0.1) is 0 Å². The molecule has 0 radical (unpaired) electrons. The lowest BCUT2D eigenvalue weighted by Gasteiger charge is -2.07. The van der Waals surface area contributed by atoms with Crippen molar-refractivity contribution in [3.05, 3.63) is 11.8 Å². The first-order chi connectivity index (χ1) is 7.90. The Morgan fingerprint density at radius 1 is 1.35 bits per heavy atom. The summed E-state index contributed by atoms with van der Waals surface area (Å²) in [5, 5.41) is 2.90. The van der Waals surface area contributed by atoms with E-state index in [0.29, 0.717) is 18.4 Å². The Morgan fingerprint density at radius 3 is 2.65 bits per heavy atom. The quantitative estimate of drug-likeness (QED) is 0.685. The van der Waals surface area contributed by atoms with Crippen LogP contribution in [-0.4, -0.2) is 44.8 Å². The van der Waals surface area contributed by atoms with E-state index in [1.807, 2.05) is 6.92 Å². The third-order valence-electron chi connectivity index (χ3n) is 1.81. The summed E-state index contributed by atoms with van der Waals surface area (Å²) in [6.45, 7) is 2.50. The Hall–Kier alpha value is -1.41. The molecule has 0 unspecified atom stereocenters. The number of sulfonamides is 1. The van der Waals surface area contributed by atoms with Crippen molar-refractivity contribution in [2.75, 3.05) is 31.8 Å². The summed E-state index contributed by atoms with van der Waals surface area (Å²) >= 11 is 0. The van der Waals surface area contributed by atoms with E-state index >= 15 is 0 Å². The minimum Gasteiger partial charge on any atom is -0.481 e. The van der Waals surface area contributed by atoms with Crippen LogP contribution in [0.4, 0.5) is 5.95 Å². The molecule has 0 aromatic carbocycles. The van der Waals surface area contributed by atoms with Crippen LogP contribution < -0.4 is 14.8 Å². The molecule has 0 saturated carbocycles. The Labute approximate surface area is 101 Å². The lowest BCUT2D eigenvalue weighted by molar-refractivity contribution is 0.397. The molecule has 0 atom stereocenters. The molecule has 0 amide bonds. The average Bonchev–Trinajstić information content (AvgIpc) is 2.22. The van der Waals surface area contributed by atoms with Crippen LogP contribution in [0.5, 0.6) is 5.88 Å². The maximum atomic E-state index is 10.8. The highest BCUT2D eigenvalue weighted by atomic mass is 32.2. The molecule has 2 N–H and O–H groups in total. The summed E-state index contributed by atoms with van der Waals surface area (Å²) in [6, 6.07) is 1.71. The lowest BCUT2D eigenvalue weighted by atomic mass is 10.4. The van der Waals surface area contributed by atoms with Crippen LogP contribution >= 0.6 is 0 Å². The van der Waals surface area contributed by atoms with E-state index in [9.17, 15) is 8.42 Å². The first-order valence-electron chi connectivity index (χ1n) is 4.99. The van der Waals surface area contributed by atoms with Crippen molar-refractivity contribution in [2.45, 2.75) is 6.92 Å². The van der Waals surface area contributed by atoms with E-state index in [0.717, 1.165) is 11.9 Å². The zero-order valence-electron chi connectivity index (χ0n) is 10.0. The van der Waals surface area contributed by atoms with Gasteiger partial charge in [-0.2, -0.15) is 4.98 Å². The molecule has 0 spiro atoms. The third kappa shape index (κ3) is 5.45. The summed E-state index contributed by atoms with van der Waals surface area (Å²) in [6.07, 6.45) is 1.11. The largest absolute Gasteiger partial charge is 0.481 e. The number of anilines is 1. The number of methoxy groups -OCH3 is 1. The normalized spacial score (nSPS) is 11.2. The molecular weight excluding hydrogens is 244 g/mol. The van der Waals surface area contributed by atoms with Gasteiger partial charge < -0.3 is 10.1 Å². The van der Waals surface area contributed by atoms with Gasteiger partial charge in [-0.1, -0.05) is 0 Å². The van der Waals surface area contributed by atoms with Crippen LogP contribution in [0.3, 0.4) is 0 Å². The number of rotatable bonds is 6. The summed E-state index contributed by atoms with van der Waals surface area (Å²) in [5.41, 5.74) is 0.774. The molecule has 0 saturated heterocycles. The number of ether oxygens (including phenoxy) is 1. The van der Waals surface area contributed by atoms with Gasteiger partial charge in [0.05, 0.1) is 13.4 Å². The number of hydrogen-bond acceptors (Lipinski definition) is 6. The van der Waals surface area contributed by atoms with Gasteiger partial charge >= 0.3 is 0 Å². The minimum atomic E-state index is -3.16. The highest BCUT2D eigenvalue weighted by Crippen LogP contribution is 2.10. The van der Waals surface area contributed by atoms with E-state index < -0.39 is 10.0 Å². The fraction of sp³-hybridized carbons (Fsp3) is 0.556. The third-order valence-corrected chi connectivity index (χ3v) is 2.54. The minimum absolute atomic E-state index is 0.276. The zero-order valence-corrected chi connectivity index (χ0v) is 10.8. The zero-order chi connectivity index (χ0) is 12.9. The van der Waals surface area contributed by atoms with Gasteiger partial charge in [-0.3, -0.25) is 0 Å². The van der Waals surface area contributed by atoms with Gasteiger partial charge in [0, 0.05) is 24.8 Å². The van der Waals surface area contributed by atoms with Crippen LogP contribution in [0, 0.1) is 6.92 Å². The van der Waals surface area contributed by atoms with Gasteiger partial charge in [0.1, 0.15) is 0 Å². The maximum Gasteiger partial charge on any atom is 0.226 e. The van der Waals surface area contributed by atoms with Crippen LogP contribution in [0.15, 0.2) is 6.07 Å². The van der Waals surface area contributed by atoms with Crippen molar-refractivity contribution in [2.24, 2.45) is 0 Å². The molecule has 0 aliphatic rings. The summed E-state index contributed by atoms with van der Waals surface area (Å²) in [7, 11) is -1.63. The van der Waals surface area contributed by atoms with Gasteiger partial charge in [0.25, 0.3) is 0 Å². The Bertz CT molecular complexity index is 475. The standard InChI is InChI=1S/C9H16N4O3S/c1-7-6-8(16-2)13-9(12-7)10-4-5-11-17(3,14)15/h6,11H,4-5H2,1-3H3,(H,10,12,13). The summed E-state index contributed by atoms with van der Waals surface area (Å²) in [4.78, 5) is 8.20. The number of aromatic nitrogens is 2. The van der Waals surface area contributed by atoms with Crippen molar-refractivity contribution < 1.29 is 13.2 Å². The second kappa shape index (κ2) is 5.78. The predicted molar refractivity (Wildman–Crippen MR) is 64.7 cm³/mol. The second-order valence-electron chi connectivity index (χ2n) is 3.47. The molecule has 0 bridgehead atoms. The van der Waals surface area contributed by atoms with Crippen LogP contribution in [0.2, 0.25) is 0 Å². The number of nitrogens with one attached hydrogen (secondary N) is 2. The second-order valence-corrected chi connectivity index (χ2v) is 5.30. The Balaban J connectivity index is 2.49. The molecule has 0 aliphatic carbocycles. The van der Waals surface area contributed by atoms with Crippen molar-refractivity contribution in [1.82, 2.24) is 14.7 Å². The van der Waals surface area contributed by atoms with Crippen LogP contribution in [-0.2, 0) is 10.0 Å². The number of aryl methyl sites for hydroxylation is 1. The lowest BCUT2D eigenvalue weighted by Crippen LogP contribution is -2.28. The molecule has 1 heterocycles. The van der Waals surface area contributed by atoms with Gasteiger partial charge in [0.15, 0.2) is 0 Å².